The smallest absolute Gasteiger partial charge is 0.349 e. The van der Waals surface area contributed by atoms with Crippen molar-refractivity contribution in [3.05, 3.63) is 47.4 Å². The van der Waals surface area contributed by atoms with E-state index in [1.807, 2.05) is 18.2 Å². The number of hydrogen-bond acceptors (Lipinski definition) is 3. The van der Waals surface area contributed by atoms with Crippen LogP contribution in [0.4, 0.5) is 13.2 Å². The van der Waals surface area contributed by atoms with Gasteiger partial charge >= 0.3 is 6.18 Å². The fourth-order valence-corrected chi connectivity index (χ4v) is 2.62. The molecule has 0 atom stereocenters. The first-order valence-electron chi connectivity index (χ1n) is 7.59. The molecule has 3 aromatic rings. The molecule has 1 N–H and O–H groups in total. The van der Waals surface area contributed by atoms with Crippen molar-refractivity contribution >= 4 is 16.8 Å². The van der Waals surface area contributed by atoms with Gasteiger partial charge in [0.25, 0.3) is 5.91 Å². The first kappa shape index (κ1) is 17.0. The van der Waals surface area contributed by atoms with E-state index in [0.29, 0.717) is 5.69 Å². The number of alkyl halides is 3. The maximum Gasteiger partial charge on any atom is 0.435 e. The second kappa shape index (κ2) is 6.23. The summed E-state index contributed by atoms with van der Waals surface area (Å²) in [5.41, 5.74) is 0.550. The van der Waals surface area contributed by atoms with Crippen LogP contribution in [0.25, 0.3) is 10.9 Å². The van der Waals surface area contributed by atoms with Crippen LogP contribution < -0.4 is 5.32 Å². The van der Waals surface area contributed by atoms with Gasteiger partial charge in [0.05, 0.1) is 12.1 Å². The van der Waals surface area contributed by atoms with Gasteiger partial charge in [-0.2, -0.15) is 23.4 Å². The normalized spacial score (nSPS) is 11.9. The number of hydrogen-bond donors (Lipinski definition) is 1. The summed E-state index contributed by atoms with van der Waals surface area (Å²) in [4.78, 5) is 12.3. The van der Waals surface area contributed by atoms with Crippen LogP contribution in [0.2, 0.25) is 0 Å². The molecule has 3 rings (SSSR count). The molecule has 25 heavy (non-hydrogen) atoms. The Hall–Kier alpha value is -2.84. The largest absolute Gasteiger partial charge is 0.435 e. The zero-order chi connectivity index (χ0) is 18.2. The van der Waals surface area contributed by atoms with E-state index in [0.717, 1.165) is 17.0 Å². The highest BCUT2D eigenvalue weighted by Gasteiger charge is 2.34. The number of amides is 1. The third-order valence-electron chi connectivity index (χ3n) is 3.85. The summed E-state index contributed by atoms with van der Waals surface area (Å²) in [5, 5.41) is 11.1. The van der Waals surface area contributed by atoms with E-state index in [1.54, 1.807) is 17.8 Å². The van der Waals surface area contributed by atoms with Gasteiger partial charge in [-0.1, -0.05) is 18.2 Å². The summed E-state index contributed by atoms with van der Waals surface area (Å²) in [6.07, 6.45) is -4.48. The third-order valence-corrected chi connectivity index (χ3v) is 3.85. The Morgan fingerprint density at radius 1 is 1.24 bits per heavy atom. The van der Waals surface area contributed by atoms with Crippen LogP contribution in [0.1, 0.15) is 21.9 Å². The second-order valence-electron chi connectivity index (χ2n) is 5.64. The van der Waals surface area contributed by atoms with E-state index in [1.165, 1.54) is 11.6 Å². The van der Waals surface area contributed by atoms with Gasteiger partial charge < -0.3 is 5.32 Å². The van der Waals surface area contributed by atoms with Crippen molar-refractivity contribution in [2.45, 2.75) is 19.6 Å². The number of carbonyl (C=O) groups is 1. The van der Waals surface area contributed by atoms with Crippen LogP contribution in [0.3, 0.4) is 0 Å². The second-order valence-corrected chi connectivity index (χ2v) is 5.64. The van der Waals surface area contributed by atoms with Gasteiger partial charge in [0, 0.05) is 24.7 Å². The van der Waals surface area contributed by atoms with Crippen LogP contribution in [0, 0.1) is 6.92 Å². The number of aryl methyl sites for hydroxylation is 2. The fraction of sp³-hybridized carbons (Fsp3) is 0.312. The molecule has 9 heteroatoms. The monoisotopic (exact) mass is 351 g/mol. The van der Waals surface area contributed by atoms with Crippen LogP contribution in [-0.2, 0) is 19.8 Å². The van der Waals surface area contributed by atoms with Gasteiger partial charge in [0.1, 0.15) is 0 Å². The number of nitrogens with zero attached hydrogens (tertiary/aromatic N) is 4. The summed E-state index contributed by atoms with van der Waals surface area (Å²) in [6.45, 7) is 1.82. The molecule has 0 radical (unpaired) electrons. The molecule has 0 fully saturated rings. The summed E-state index contributed by atoms with van der Waals surface area (Å²) < 4.78 is 40.8. The molecule has 0 spiro atoms. The third kappa shape index (κ3) is 3.35. The summed E-state index contributed by atoms with van der Waals surface area (Å²) in [7, 11) is 1.74. The van der Waals surface area contributed by atoms with E-state index in [2.05, 4.69) is 15.5 Å². The Morgan fingerprint density at radius 2 is 1.96 bits per heavy atom. The van der Waals surface area contributed by atoms with E-state index >= 15 is 0 Å². The van der Waals surface area contributed by atoms with E-state index in [9.17, 15) is 18.0 Å². The highest BCUT2D eigenvalue weighted by molar-refractivity contribution is 6.04. The van der Waals surface area contributed by atoms with Crippen molar-refractivity contribution in [1.29, 1.82) is 0 Å². The average Bonchev–Trinajstić information content (AvgIpc) is 3.09. The number of para-hydroxylation sites is 1. The minimum absolute atomic E-state index is 0.137. The molecule has 0 aliphatic carbocycles. The zero-order valence-electron chi connectivity index (χ0n) is 13.6. The van der Waals surface area contributed by atoms with Crippen molar-refractivity contribution in [2.75, 3.05) is 6.54 Å². The first-order chi connectivity index (χ1) is 11.8. The molecular formula is C16H16F3N5O. The molecular weight excluding hydrogens is 335 g/mol. The Kier molecular flexibility index (Phi) is 4.23. The SMILES string of the molecule is Cc1cc(C(F)(F)F)nn1CCNC(=O)c1nn(C)c2ccccc12. The lowest BCUT2D eigenvalue weighted by Gasteiger charge is -2.06. The van der Waals surface area contributed by atoms with Crippen molar-refractivity contribution in [3.8, 4) is 0 Å². The molecule has 0 bridgehead atoms. The Bertz CT molecular complexity index is 926. The topological polar surface area (TPSA) is 64.7 Å². The van der Waals surface area contributed by atoms with Crippen LogP contribution >= 0.6 is 0 Å². The predicted octanol–water partition coefficient (Wildman–Crippen LogP) is 2.53. The van der Waals surface area contributed by atoms with Crippen molar-refractivity contribution < 1.29 is 18.0 Å². The number of aromatic nitrogens is 4. The van der Waals surface area contributed by atoms with Gasteiger partial charge in [0.2, 0.25) is 0 Å². The summed E-state index contributed by atoms with van der Waals surface area (Å²) in [5.74, 6) is -0.377. The lowest BCUT2D eigenvalue weighted by molar-refractivity contribution is -0.141. The molecule has 0 aliphatic rings. The zero-order valence-corrected chi connectivity index (χ0v) is 13.6. The fourth-order valence-electron chi connectivity index (χ4n) is 2.62. The maximum absolute atomic E-state index is 12.6. The minimum atomic E-state index is -4.48. The van der Waals surface area contributed by atoms with Gasteiger partial charge in [-0.3, -0.25) is 14.2 Å². The van der Waals surface area contributed by atoms with Gasteiger partial charge in [-0.05, 0) is 19.1 Å². The molecule has 1 aromatic carbocycles. The Morgan fingerprint density at radius 3 is 2.64 bits per heavy atom. The number of benzene rings is 1. The summed E-state index contributed by atoms with van der Waals surface area (Å²) >= 11 is 0. The lowest BCUT2D eigenvalue weighted by atomic mass is 10.2. The number of halogens is 3. The van der Waals surface area contributed by atoms with Crippen LogP contribution in [-0.4, -0.2) is 32.0 Å². The molecule has 6 nitrogen and oxygen atoms in total. The van der Waals surface area contributed by atoms with E-state index < -0.39 is 11.9 Å². The molecule has 132 valence electrons. The number of fused-ring (bicyclic) bond motifs is 1. The molecule has 0 unspecified atom stereocenters. The molecule has 2 heterocycles. The number of rotatable bonds is 4. The average molecular weight is 351 g/mol. The Balaban J connectivity index is 1.68. The predicted molar refractivity (Wildman–Crippen MR) is 85.0 cm³/mol. The minimum Gasteiger partial charge on any atom is -0.349 e. The van der Waals surface area contributed by atoms with Gasteiger partial charge in [-0.15, -0.1) is 0 Å². The molecule has 0 saturated carbocycles. The molecule has 0 saturated heterocycles. The highest BCUT2D eigenvalue weighted by atomic mass is 19.4. The molecule has 1 amide bonds. The number of carbonyl (C=O) groups excluding carboxylic acids is 1. The summed E-state index contributed by atoms with van der Waals surface area (Å²) in [6, 6.07) is 8.29. The van der Waals surface area contributed by atoms with E-state index in [4.69, 9.17) is 0 Å². The van der Waals surface area contributed by atoms with Crippen LogP contribution in [0.5, 0.6) is 0 Å². The highest BCUT2D eigenvalue weighted by Crippen LogP contribution is 2.28. The van der Waals surface area contributed by atoms with Crippen molar-refractivity contribution in [1.82, 2.24) is 24.9 Å². The molecule has 0 aliphatic heterocycles. The van der Waals surface area contributed by atoms with Crippen molar-refractivity contribution in [2.24, 2.45) is 7.05 Å². The lowest BCUT2D eigenvalue weighted by Crippen LogP contribution is -2.28. The van der Waals surface area contributed by atoms with Gasteiger partial charge in [0.15, 0.2) is 11.4 Å². The standard InChI is InChI=1S/C16H16F3N5O/c1-10-9-13(16(17,18)19)21-24(10)8-7-20-15(25)14-11-5-3-4-6-12(11)23(2)22-14/h3-6,9H,7-8H2,1-2H3,(H,20,25). The first-order valence-corrected chi connectivity index (χ1v) is 7.59. The van der Waals surface area contributed by atoms with Crippen LogP contribution in [0.15, 0.2) is 30.3 Å². The molecule has 2 aromatic heterocycles. The van der Waals surface area contributed by atoms with E-state index in [-0.39, 0.29) is 24.7 Å². The number of nitrogens with one attached hydrogen (secondary N) is 1. The Labute approximate surface area is 141 Å². The maximum atomic E-state index is 12.6. The van der Waals surface area contributed by atoms with Crippen molar-refractivity contribution in [3.63, 3.8) is 0 Å². The van der Waals surface area contributed by atoms with Gasteiger partial charge in [-0.25, -0.2) is 0 Å². The quantitative estimate of drug-likeness (QED) is 0.786.